The van der Waals surface area contributed by atoms with Crippen molar-refractivity contribution in [2.24, 2.45) is 11.7 Å². The van der Waals surface area contributed by atoms with E-state index >= 15 is 0 Å². The number of likely N-dealkylation sites (N-methyl/N-ethyl adjacent to an activating group) is 1. The Hall–Kier alpha value is -0.610. The average Bonchev–Trinajstić information content (AvgIpc) is 2.18. The number of hydrogen-bond acceptors (Lipinski definition) is 4. The molecule has 0 spiro atoms. The Bertz CT molecular complexity index is 198. The molecule has 3 N–H and O–H groups in total. The van der Waals surface area contributed by atoms with Gasteiger partial charge in [-0.25, -0.2) is 0 Å². The van der Waals surface area contributed by atoms with Crippen molar-refractivity contribution < 1.29 is 9.53 Å². The van der Waals surface area contributed by atoms with Gasteiger partial charge in [0.2, 0.25) is 0 Å². The predicted octanol–water partition coefficient (Wildman–Crippen LogP) is 0.267. The summed E-state index contributed by atoms with van der Waals surface area (Å²) in [4.78, 5) is 11.3. The van der Waals surface area contributed by atoms with Crippen LogP contribution in [-0.4, -0.2) is 32.2 Å². The Morgan fingerprint density at radius 2 is 2.14 bits per heavy atom. The van der Waals surface area contributed by atoms with E-state index in [2.05, 4.69) is 5.32 Å². The van der Waals surface area contributed by atoms with E-state index in [-0.39, 0.29) is 17.4 Å². The molecule has 1 fully saturated rings. The number of nitrogens with two attached hydrogens (primary N) is 1. The molecule has 0 aromatic rings. The van der Waals surface area contributed by atoms with Gasteiger partial charge in [-0.15, -0.1) is 0 Å². The molecule has 0 bridgehead atoms. The third-order valence-electron chi connectivity index (χ3n) is 3.04. The Kier molecular flexibility index (Phi) is 3.89. The summed E-state index contributed by atoms with van der Waals surface area (Å²) in [6, 6.07) is 0. The molecule has 0 atom stereocenters. The zero-order valence-electron chi connectivity index (χ0n) is 9.01. The fourth-order valence-corrected chi connectivity index (χ4v) is 2.12. The van der Waals surface area contributed by atoms with Crippen LogP contribution < -0.4 is 11.1 Å². The van der Waals surface area contributed by atoms with Crippen molar-refractivity contribution in [3.8, 4) is 0 Å². The lowest BCUT2D eigenvalue weighted by molar-refractivity contribution is -0.146. The van der Waals surface area contributed by atoms with Gasteiger partial charge in [-0.2, -0.15) is 0 Å². The van der Waals surface area contributed by atoms with Gasteiger partial charge < -0.3 is 15.8 Å². The minimum atomic E-state index is -0.126. The van der Waals surface area contributed by atoms with Crippen LogP contribution in [0.5, 0.6) is 0 Å². The van der Waals surface area contributed by atoms with E-state index in [1.807, 2.05) is 7.05 Å². The Labute approximate surface area is 85.2 Å². The monoisotopic (exact) mass is 200 g/mol. The third-order valence-corrected chi connectivity index (χ3v) is 3.04. The first kappa shape index (κ1) is 11.5. The van der Waals surface area contributed by atoms with E-state index in [9.17, 15) is 4.79 Å². The third kappa shape index (κ3) is 2.69. The molecule has 0 saturated heterocycles. The molecular formula is C10H20N2O2. The molecule has 4 nitrogen and oxygen atoms in total. The summed E-state index contributed by atoms with van der Waals surface area (Å²) in [5.74, 6) is -0.0231. The highest BCUT2D eigenvalue weighted by Gasteiger charge is 2.34. The molecular weight excluding hydrogens is 180 g/mol. The number of ether oxygens (including phenoxy) is 1. The molecule has 1 aliphatic carbocycles. The molecule has 0 aromatic carbocycles. The van der Waals surface area contributed by atoms with Gasteiger partial charge in [-0.05, 0) is 32.7 Å². The topological polar surface area (TPSA) is 64.3 Å². The van der Waals surface area contributed by atoms with Gasteiger partial charge in [0.05, 0.1) is 13.0 Å². The van der Waals surface area contributed by atoms with Crippen LogP contribution in [0.15, 0.2) is 0 Å². The van der Waals surface area contributed by atoms with Crippen LogP contribution in [0.3, 0.4) is 0 Å². The molecule has 14 heavy (non-hydrogen) atoms. The highest BCUT2D eigenvalue weighted by Crippen LogP contribution is 2.30. The van der Waals surface area contributed by atoms with Gasteiger partial charge in [-0.3, -0.25) is 4.79 Å². The van der Waals surface area contributed by atoms with E-state index < -0.39 is 0 Å². The second-order valence-corrected chi connectivity index (χ2v) is 4.19. The largest absolute Gasteiger partial charge is 0.469 e. The molecule has 82 valence electrons. The van der Waals surface area contributed by atoms with Crippen molar-refractivity contribution in [3.63, 3.8) is 0 Å². The smallest absolute Gasteiger partial charge is 0.308 e. The lowest BCUT2D eigenvalue weighted by Gasteiger charge is -2.36. The maximum absolute atomic E-state index is 11.3. The lowest BCUT2D eigenvalue weighted by atomic mass is 9.77. The van der Waals surface area contributed by atoms with Crippen LogP contribution in [0.4, 0.5) is 0 Å². The Balaban J connectivity index is 2.41. The van der Waals surface area contributed by atoms with Gasteiger partial charge in [0.25, 0.3) is 0 Å². The number of carbonyl (C=O) groups is 1. The van der Waals surface area contributed by atoms with Gasteiger partial charge in [0, 0.05) is 12.1 Å². The zero-order chi connectivity index (χ0) is 10.6. The zero-order valence-corrected chi connectivity index (χ0v) is 9.01. The lowest BCUT2D eigenvalue weighted by Crippen LogP contribution is -2.51. The van der Waals surface area contributed by atoms with Gasteiger partial charge >= 0.3 is 5.97 Å². The second kappa shape index (κ2) is 4.75. The number of hydrogen-bond donors (Lipinski definition) is 2. The van der Waals surface area contributed by atoms with Gasteiger partial charge in [-0.1, -0.05) is 0 Å². The van der Waals surface area contributed by atoms with Gasteiger partial charge in [0.1, 0.15) is 0 Å². The summed E-state index contributed by atoms with van der Waals surface area (Å²) in [6.45, 7) is 0.820. The summed E-state index contributed by atoms with van der Waals surface area (Å²) in [5.41, 5.74) is 6.03. The Morgan fingerprint density at radius 3 is 2.57 bits per heavy atom. The summed E-state index contributed by atoms with van der Waals surface area (Å²) in [5, 5.41) is 3.09. The minimum absolute atomic E-state index is 0.0635. The average molecular weight is 200 g/mol. The molecule has 0 heterocycles. The number of esters is 1. The first-order valence-electron chi connectivity index (χ1n) is 5.12. The van der Waals surface area contributed by atoms with E-state index in [4.69, 9.17) is 10.5 Å². The molecule has 1 rings (SSSR count). The minimum Gasteiger partial charge on any atom is -0.469 e. The molecule has 0 radical (unpaired) electrons. The fraction of sp³-hybridized carbons (Fsp3) is 0.900. The number of nitrogens with one attached hydrogen (secondary N) is 1. The summed E-state index contributed by atoms with van der Waals surface area (Å²) in [6.07, 6.45) is 3.50. The van der Waals surface area contributed by atoms with Crippen LogP contribution in [-0.2, 0) is 9.53 Å². The molecule has 1 aliphatic rings. The maximum Gasteiger partial charge on any atom is 0.308 e. The quantitative estimate of drug-likeness (QED) is 0.642. The molecule has 1 saturated carbocycles. The molecule has 0 amide bonds. The standard InChI is InChI=1S/C10H20N2O2/c1-12-7-10(11)5-3-8(4-6-10)9(13)14-2/h8,12H,3-7,11H2,1-2H3. The highest BCUT2D eigenvalue weighted by atomic mass is 16.5. The fourth-order valence-electron chi connectivity index (χ4n) is 2.12. The van der Waals surface area contributed by atoms with Crippen LogP contribution in [0.1, 0.15) is 25.7 Å². The van der Waals surface area contributed by atoms with Crippen LogP contribution in [0.25, 0.3) is 0 Å². The van der Waals surface area contributed by atoms with E-state index in [1.165, 1.54) is 7.11 Å². The van der Waals surface area contributed by atoms with Crippen LogP contribution >= 0.6 is 0 Å². The Morgan fingerprint density at radius 1 is 1.57 bits per heavy atom. The van der Waals surface area contributed by atoms with E-state index in [0.717, 1.165) is 32.2 Å². The first-order valence-corrected chi connectivity index (χ1v) is 5.12. The summed E-state index contributed by atoms with van der Waals surface area (Å²) in [7, 11) is 3.35. The number of carbonyl (C=O) groups excluding carboxylic acids is 1. The van der Waals surface area contributed by atoms with Crippen molar-refractivity contribution >= 4 is 5.97 Å². The second-order valence-electron chi connectivity index (χ2n) is 4.19. The van der Waals surface area contributed by atoms with Crippen molar-refractivity contribution in [1.82, 2.24) is 5.32 Å². The first-order chi connectivity index (χ1) is 6.61. The van der Waals surface area contributed by atoms with E-state index in [1.54, 1.807) is 0 Å². The van der Waals surface area contributed by atoms with Crippen molar-refractivity contribution in [3.05, 3.63) is 0 Å². The highest BCUT2D eigenvalue weighted by molar-refractivity contribution is 5.72. The molecule has 4 heteroatoms. The van der Waals surface area contributed by atoms with Crippen LogP contribution in [0, 0.1) is 5.92 Å². The molecule has 0 unspecified atom stereocenters. The van der Waals surface area contributed by atoms with Crippen LogP contribution in [0.2, 0.25) is 0 Å². The number of rotatable bonds is 3. The molecule has 0 aliphatic heterocycles. The van der Waals surface area contributed by atoms with Crippen molar-refractivity contribution in [2.75, 3.05) is 20.7 Å². The summed E-state index contributed by atoms with van der Waals surface area (Å²) < 4.78 is 4.72. The molecule has 0 aromatic heterocycles. The van der Waals surface area contributed by atoms with Crippen molar-refractivity contribution in [2.45, 2.75) is 31.2 Å². The maximum atomic E-state index is 11.3. The van der Waals surface area contributed by atoms with Crippen molar-refractivity contribution in [1.29, 1.82) is 0 Å². The normalized spacial score (nSPS) is 32.6. The SMILES string of the molecule is CNCC1(N)CCC(C(=O)OC)CC1. The summed E-state index contributed by atoms with van der Waals surface area (Å²) >= 11 is 0. The predicted molar refractivity (Wildman–Crippen MR) is 54.8 cm³/mol. The van der Waals surface area contributed by atoms with E-state index in [0.29, 0.717) is 0 Å². The van der Waals surface area contributed by atoms with Gasteiger partial charge in [0.15, 0.2) is 0 Å². The number of methoxy groups -OCH3 is 1.